The number of amides is 1. The number of likely N-dealkylation sites (tertiary alicyclic amines) is 1. The van der Waals surface area contributed by atoms with Crippen molar-refractivity contribution >= 4 is 6.09 Å². The summed E-state index contributed by atoms with van der Waals surface area (Å²) < 4.78 is 0. The zero-order valence-electron chi connectivity index (χ0n) is 8.50. The first-order valence-electron chi connectivity index (χ1n) is 4.92. The number of tetrazole rings is 1. The molecule has 1 aliphatic rings. The highest BCUT2D eigenvalue weighted by molar-refractivity contribution is 5.65. The van der Waals surface area contributed by atoms with E-state index < -0.39 is 6.09 Å². The number of hydrogen-bond donors (Lipinski definition) is 1. The summed E-state index contributed by atoms with van der Waals surface area (Å²) in [5, 5.41) is 20.7. The summed E-state index contributed by atoms with van der Waals surface area (Å²) in [4.78, 5) is 13.7. The lowest BCUT2D eigenvalue weighted by atomic mass is 10.0. The molecule has 0 spiro atoms. The van der Waals surface area contributed by atoms with E-state index in [1.165, 1.54) is 9.70 Å². The second kappa shape index (κ2) is 3.84. The zero-order chi connectivity index (χ0) is 10.8. The van der Waals surface area contributed by atoms with Crippen LogP contribution in [0.4, 0.5) is 4.79 Å². The van der Waals surface area contributed by atoms with E-state index >= 15 is 0 Å². The van der Waals surface area contributed by atoms with Crippen LogP contribution < -0.4 is 0 Å². The van der Waals surface area contributed by atoms with Crippen LogP contribution in [0.1, 0.15) is 31.1 Å². The number of rotatable bonds is 1. The molecule has 1 saturated heterocycles. The van der Waals surface area contributed by atoms with E-state index in [0.29, 0.717) is 12.4 Å². The largest absolute Gasteiger partial charge is 0.465 e. The van der Waals surface area contributed by atoms with E-state index in [4.69, 9.17) is 5.11 Å². The average Bonchev–Trinajstić information content (AvgIpc) is 2.65. The number of piperidine rings is 1. The summed E-state index contributed by atoms with van der Waals surface area (Å²) in [5.74, 6) is 0.500. The number of hydrogen-bond acceptors (Lipinski definition) is 4. The van der Waals surface area contributed by atoms with E-state index in [1.54, 1.807) is 7.05 Å². The Morgan fingerprint density at radius 1 is 1.53 bits per heavy atom. The van der Waals surface area contributed by atoms with Gasteiger partial charge >= 0.3 is 6.09 Å². The van der Waals surface area contributed by atoms with Gasteiger partial charge in [-0.15, -0.1) is 10.2 Å². The van der Waals surface area contributed by atoms with Crippen molar-refractivity contribution in [3.63, 3.8) is 0 Å². The first-order chi connectivity index (χ1) is 7.18. The molecule has 1 aliphatic heterocycles. The molecule has 15 heavy (non-hydrogen) atoms. The van der Waals surface area contributed by atoms with E-state index in [9.17, 15) is 4.79 Å². The van der Waals surface area contributed by atoms with Gasteiger partial charge in [0.15, 0.2) is 5.82 Å². The number of carboxylic acid groups (broad SMARTS) is 1. The van der Waals surface area contributed by atoms with Crippen LogP contribution in [0.5, 0.6) is 0 Å². The fourth-order valence-corrected chi connectivity index (χ4v) is 1.86. The van der Waals surface area contributed by atoms with Crippen molar-refractivity contribution < 1.29 is 9.90 Å². The third-order valence-corrected chi connectivity index (χ3v) is 2.57. The fourth-order valence-electron chi connectivity index (χ4n) is 1.86. The minimum atomic E-state index is -0.910. The van der Waals surface area contributed by atoms with Gasteiger partial charge < -0.3 is 5.11 Å². The van der Waals surface area contributed by atoms with Crippen molar-refractivity contribution in [2.75, 3.05) is 6.54 Å². The van der Waals surface area contributed by atoms with Crippen molar-refractivity contribution in [2.45, 2.75) is 25.3 Å². The van der Waals surface area contributed by atoms with Crippen LogP contribution in [-0.2, 0) is 7.05 Å². The first kappa shape index (κ1) is 9.88. The second-order valence-electron chi connectivity index (χ2n) is 3.62. The molecule has 0 aromatic carbocycles. The number of carbonyl (C=O) groups is 1. The molecule has 0 radical (unpaired) electrons. The van der Waals surface area contributed by atoms with Gasteiger partial charge in [0, 0.05) is 6.54 Å². The Kier molecular flexibility index (Phi) is 2.53. The molecule has 7 nitrogen and oxygen atoms in total. The minimum Gasteiger partial charge on any atom is -0.465 e. The molecule has 1 atom stereocenters. The van der Waals surface area contributed by atoms with Crippen molar-refractivity contribution in [3.05, 3.63) is 5.82 Å². The SMILES string of the molecule is Cn1nnc(C2CCCCN2C(=O)O)n1. The molecule has 0 bridgehead atoms. The topological polar surface area (TPSA) is 84.1 Å². The third kappa shape index (κ3) is 1.90. The van der Waals surface area contributed by atoms with E-state index in [2.05, 4.69) is 15.4 Å². The summed E-state index contributed by atoms with van der Waals surface area (Å²) in [7, 11) is 1.67. The van der Waals surface area contributed by atoms with Crippen LogP contribution in [0.15, 0.2) is 0 Å². The lowest BCUT2D eigenvalue weighted by Gasteiger charge is -2.31. The zero-order valence-corrected chi connectivity index (χ0v) is 8.50. The quantitative estimate of drug-likeness (QED) is 0.727. The summed E-state index contributed by atoms with van der Waals surface area (Å²) in [6.45, 7) is 0.554. The van der Waals surface area contributed by atoms with Crippen LogP contribution in [0.2, 0.25) is 0 Å². The monoisotopic (exact) mass is 211 g/mol. The predicted octanol–water partition coefficient (Wildman–Crippen LogP) is 0.415. The molecule has 82 valence electrons. The highest BCUT2D eigenvalue weighted by atomic mass is 16.4. The maximum Gasteiger partial charge on any atom is 0.407 e. The minimum absolute atomic E-state index is 0.232. The molecule has 2 heterocycles. The van der Waals surface area contributed by atoms with Crippen LogP contribution in [0.25, 0.3) is 0 Å². The van der Waals surface area contributed by atoms with Crippen molar-refractivity contribution in [1.82, 2.24) is 25.1 Å². The average molecular weight is 211 g/mol. The maximum atomic E-state index is 11.0. The first-order valence-corrected chi connectivity index (χ1v) is 4.92. The van der Waals surface area contributed by atoms with Gasteiger partial charge in [0.25, 0.3) is 0 Å². The third-order valence-electron chi connectivity index (χ3n) is 2.57. The standard InChI is InChI=1S/C8H13N5O2/c1-12-10-7(9-11-12)6-4-2-3-5-13(6)8(14)15/h6H,2-5H2,1H3,(H,14,15). The van der Waals surface area contributed by atoms with Gasteiger partial charge in [0.05, 0.1) is 13.1 Å². The molecule has 1 aromatic heterocycles. The predicted molar refractivity (Wildman–Crippen MR) is 50.1 cm³/mol. The van der Waals surface area contributed by atoms with Crippen LogP contribution in [0, 0.1) is 0 Å². The van der Waals surface area contributed by atoms with E-state index in [1.807, 2.05) is 0 Å². The molecule has 2 rings (SSSR count). The molecular formula is C8H13N5O2. The lowest BCUT2D eigenvalue weighted by molar-refractivity contribution is 0.103. The summed E-state index contributed by atoms with van der Waals surface area (Å²) in [6, 6.07) is -0.232. The van der Waals surface area contributed by atoms with Gasteiger partial charge in [0.1, 0.15) is 0 Å². The summed E-state index contributed by atoms with van der Waals surface area (Å²) in [5.41, 5.74) is 0. The molecule has 1 unspecified atom stereocenters. The number of nitrogens with zero attached hydrogens (tertiary/aromatic N) is 5. The van der Waals surface area contributed by atoms with Gasteiger partial charge in [-0.3, -0.25) is 4.90 Å². The molecule has 0 aliphatic carbocycles. The van der Waals surface area contributed by atoms with Gasteiger partial charge in [-0.05, 0) is 24.5 Å². The van der Waals surface area contributed by atoms with Gasteiger partial charge in [0.2, 0.25) is 0 Å². The lowest BCUT2D eigenvalue weighted by Crippen LogP contribution is -2.38. The molecule has 1 fully saturated rings. The Hall–Kier alpha value is -1.66. The molecule has 7 heteroatoms. The van der Waals surface area contributed by atoms with Gasteiger partial charge in [-0.25, -0.2) is 4.79 Å². The van der Waals surface area contributed by atoms with Crippen LogP contribution in [-0.4, -0.2) is 42.9 Å². The summed E-state index contributed by atoms with van der Waals surface area (Å²) in [6.07, 6.45) is 1.78. The van der Waals surface area contributed by atoms with E-state index in [-0.39, 0.29) is 6.04 Å². The van der Waals surface area contributed by atoms with Crippen LogP contribution in [0.3, 0.4) is 0 Å². The second-order valence-corrected chi connectivity index (χ2v) is 3.62. The Labute approximate surface area is 86.7 Å². The number of aromatic nitrogens is 4. The Balaban J connectivity index is 2.21. The molecule has 1 N–H and O–H groups in total. The fraction of sp³-hybridized carbons (Fsp3) is 0.750. The molecular weight excluding hydrogens is 198 g/mol. The number of aryl methyl sites for hydroxylation is 1. The molecule has 0 saturated carbocycles. The molecule has 1 amide bonds. The van der Waals surface area contributed by atoms with Gasteiger partial charge in [-0.1, -0.05) is 0 Å². The smallest absolute Gasteiger partial charge is 0.407 e. The Morgan fingerprint density at radius 3 is 2.93 bits per heavy atom. The van der Waals surface area contributed by atoms with Crippen molar-refractivity contribution in [2.24, 2.45) is 7.05 Å². The highest BCUT2D eigenvalue weighted by Gasteiger charge is 2.30. The highest BCUT2D eigenvalue weighted by Crippen LogP contribution is 2.28. The van der Waals surface area contributed by atoms with Crippen molar-refractivity contribution in [3.8, 4) is 0 Å². The Bertz CT molecular complexity index is 364. The van der Waals surface area contributed by atoms with Crippen molar-refractivity contribution in [1.29, 1.82) is 0 Å². The van der Waals surface area contributed by atoms with Crippen LogP contribution >= 0.6 is 0 Å². The normalized spacial score (nSPS) is 21.7. The van der Waals surface area contributed by atoms with E-state index in [0.717, 1.165) is 19.3 Å². The maximum absolute atomic E-state index is 11.0. The Morgan fingerprint density at radius 2 is 2.33 bits per heavy atom. The molecule has 1 aromatic rings. The van der Waals surface area contributed by atoms with Gasteiger partial charge in [-0.2, -0.15) is 4.80 Å². The summed E-state index contributed by atoms with van der Waals surface area (Å²) >= 11 is 0.